The van der Waals surface area contributed by atoms with Crippen molar-refractivity contribution in [3.8, 4) is 12.3 Å². The number of hydrogen-bond donors (Lipinski definition) is 2. The third-order valence-corrected chi connectivity index (χ3v) is 2.54. The summed E-state index contributed by atoms with van der Waals surface area (Å²) in [4.78, 5) is 22.2. The molecule has 0 spiro atoms. The molecule has 1 aromatic carbocycles. The summed E-state index contributed by atoms with van der Waals surface area (Å²) in [6, 6.07) is 1.18. The lowest BCUT2D eigenvalue weighted by Crippen LogP contribution is -2.14. The molecule has 0 bridgehead atoms. The van der Waals surface area contributed by atoms with Crippen LogP contribution in [0.4, 0.5) is 14.5 Å². The Balaban J connectivity index is 2.72. The number of carboxylic acids is 1. The van der Waals surface area contributed by atoms with Gasteiger partial charge in [0.15, 0.2) is 0 Å². The average Bonchev–Trinajstić information content (AvgIpc) is 2.37. The van der Waals surface area contributed by atoms with Gasteiger partial charge in [0.1, 0.15) is 11.6 Å². The SMILES string of the molecule is C#CCCCCC(=O)Nc1cc(C(=O)O)c(F)cc1F. The van der Waals surface area contributed by atoms with Gasteiger partial charge in [0, 0.05) is 18.9 Å². The van der Waals surface area contributed by atoms with Gasteiger partial charge in [0.25, 0.3) is 0 Å². The van der Waals surface area contributed by atoms with Gasteiger partial charge >= 0.3 is 5.97 Å². The smallest absolute Gasteiger partial charge is 0.338 e. The Morgan fingerprint density at radius 1 is 1.25 bits per heavy atom. The van der Waals surface area contributed by atoms with E-state index in [2.05, 4.69) is 11.2 Å². The average molecular weight is 281 g/mol. The third-order valence-electron chi connectivity index (χ3n) is 2.54. The number of terminal acetylenes is 1. The number of carbonyl (C=O) groups excluding carboxylic acids is 1. The first kappa shape index (κ1) is 15.6. The monoisotopic (exact) mass is 281 g/mol. The fourth-order valence-corrected chi connectivity index (χ4v) is 1.53. The normalized spacial score (nSPS) is 9.85. The van der Waals surface area contributed by atoms with E-state index in [0.717, 1.165) is 6.07 Å². The van der Waals surface area contributed by atoms with Crippen molar-refractivity contribution in [2.24, 2.45) is 0 Å². The Kier molecular flexibility index (Phi) is 5.66. The predicted molar refractivity (Wildman–Crippen MR) is 69.2 cm³/mol. The van der Waals surface area contributed by atoms with E-state index in [1.165, 1.54) is 0 Å². The molecule has 1 rings (SSSR count). The minimum Gasteiger partial charge on any atom is -0.478 e. The number of halogens is 2. The van der Waals surface area contributed by atoms with Crippen molar-refractivity contribution in [2.45, 2.75) is 25.7 Å². The molecule has 2 N–H and O–H groups in total. The van der Waals surface area contributed by atoms with Crippen molar-refractivity contribution in [3.05, 3.63) is 29.3 Å². The summed E-state index contributed by atoms with van der Waals surface area (Å²) in [6.45, 7) is 0. The van der Waals surface area contributed by atoms with Crippen molar-refractivity contribution < 1.29 is 23.5 Å². The summed E-state index contributed by atoms with van der Waals surface area (Å²) < 4.78 is 26.6. The molecule has 1 amide bonds. The first-order valence-corrected chi connectivity index (χ1v) is 5.91. The van der Waals surface area contributed by atoms with Crippen LogP contribution in [0.15, 0.2) is 12.1 Å². The molecule has 6 heteroatoms. The minimum absolute atomic E-state index is 0.126. The Morgan fingerprint density at radius 3 is 2.55 bits per heavy atom. The zero-order valence-electron chi connectivity index (χ0n) is 10.6. The number of aromatic carboxylic acids is 1. The molecule has 0 atom stereocenters. The molecule has 106 valence electrons. The zero-order valence-corrected chi connectivity index (χ0v) is 10.6. The van der Waals surface area contributed by atoms with Gasteiger partial charge < -0.3 is 10.4 Å². The van der Waals surface area contributed by atoms with Crippen molar-refractivity contribution in [1.82, 2.24) is 0 Å². The molecule has 0 heterocycles. The fraction of sp³-hybridized carbons (Fsp3) is 0.286. The van der Waals surface area contributed by atoms with Crippen LogP contribution in [0.3, 0.4) is 0 Å². The molecule has 1 aromatic rings. The second kappa shape index (κ2) is 7.24. The third kappa shape index (κ3) is 4.35. The molecule has 0 saturated heterocycles. The topological polar surface area (TPSA) is 66.4 Å². The van der Waals surface area contributed by atoms with E-state index in [9.17, 15) is 18.4 Å². The van der Waals surface area contributed by atoms with Crippen molar-refractivity contribution in [1.29, 1.82) is 0 Å². The van der Waals surface area contributed by atoms with Crippen LogP contribution in [0.2, 0.25) is 0 Å². The highest BCUT2D eigenvalue weighted by atomic mass is 19.1. The molecule has 0 aromatic heterocycles. The van der Waals surface area contributed by atoms with E-state index < -0.39 is 29.1 Å². The number of rotatable bonds is 6. The van der Waals surface area contributed by atoms with E-state index in [1.54, 1.807) is 0 Å². The molecular formula is C14H13F2NO3. The molecule has 0 radical (unpaired) electrons. The van der Waals surface area contributed by atoms with Gasteiger partial charge in [0.05, 0.1) is 11.3 Å². The highest BCUT2D eigenvalue weighted by Crippen LogP contribution is 2.20. The lowest BCUT2D eigenvalue weighted by atomic mass is 10.1. The molecule has 0 unspecified atom stereocenters. The van der Waals surface area contributed by atoms with E-state index in [1.807, 2.05) is 0 Å². The number of amides is 1. The fourth-order valence-electron chi connectivity index (χ4n) is 1.53. The minimum atomic E-state index is -1.54. The summed E-state index contributed by atoms with van der Waals surface area (Å²) in [7, 11) is 0. The second-order valence-corrected chi connectivity index (χ2v) is 4.08. The Hall–Kier alpha value is -2.42. The Labute approximate surface area is 114 Å². The van der Waals surface area contributed by atoms with Crippen LogP contribution >= 0.6 is 0 Å². The Bertz CT molecular complexity index is 564. The molecule has 0 aliphatic heterocycles. The molecule has 0 saturated carbocycles. The van der Waals surface area contributed by atoms with Gasteiger partial charge in [-0.05, 0) is 18.9 Å². The maximum absolute atomic E-state index is 13.4. The van der Waals surface area contributed by atoms with Crippen LogP contribution in [-0.2, 0) is 4.79 Å². The van der Waals surface area contributed by atoms with Gasteiger partial charge in [-0.3, -0.25) is 4.79 Å². The lowest BCUT2D eigenvalue weighted by Gasteiger charge is -2.08. The van der Waals surface area contributed by atoms with Crippen LogP contribution in [0.1, 0.15) is 36.0 Å². The van der Waals surface area contributed by atoms with E-state index in [4.69, 9.17) is 11.5 Å². The summed E-state index contributed by atoms with van der Waals surface area (Å²) in [5.74, 6) is -1.81. The van der Waals surface area contributed by atoms with Gasteiger partial charge in [-0.25, -0.2) is 13.6 Å². The highest BCUT2D eigenvalue weighted by Gasteiger charge is 2.16. The van der Waals surface area contributed by atoms with E-state index in [0.29, 0.717) is 25.3 Å². The van der Waals surface area contributed by atoms with E-state index in [-0.39, 0.29) is 12.1 Å². The molecule has 0 fully saturated rings. The zero-order chi connectivity index (χ0) is 15.1. The maximum atomic E-state index is 13.4. The largest absolute Gasteiger partial charge is 0.478 e. The van der Waals surface area contributed by atoms with Gasteiger partial charge in [0.2, 0.25) is 5.91 Å². The number of unbranched alkanes of at least 4 members (excludes halogenated alkanes) is 2. The number of carbonyl (C=O) groups is 2. The number of nitrogens with one attached hydrogen (secondary N) is 1. The molecule has 0 aliphatic rings. The summed E-state index contributed by atoms with van der Waals surface area (Å²) in [6.07, 6.45) is 6.92. The summed E-state index contributed by atoms with van der Waals surface area (Å²) in [5.41, 5.74) is -1.06. The second-order valence-electron chi connectivity index (χ2n) is 4.08. The van der Waals surface area contributed by atoms with Crippen molar-refractivity contribution >= 4 is 17.6 Å². The molecule has 4 nitrogen and oxygen atoms in total. The summed E-state index contributed by atoms with van der Waals surface area (Å²) in [5, 5.41) is 10.9. The maximum Gasteiger partial charge on any atom is 0.338 e. The number of benzene rings is 1. The molecule has 0 aliphatic carbocycles. The predicted octanol–water partition coefficient (Wildman–Crippen LogP) is 2.80. The number of anilines is 1. The van der Waals surface area contributed by atoms with Gasteiger partial charge in [-0.15, -0.1) is 12.3 Å². The van der Waals surface area contributed by atoms with Gasteiger partial charge in [-0.1, -0.05) is 0 Å². The summed E-state index contributed by atoms with van der Waals surface area (Å²) >= 11 is 0. The quantitative estimate of drug-likeness (QED) is 0.622. The standard InChI is InChI=1S/C14H13F2NO3/c1-2-3-4-5-6-13(18)17-12-7-9(14(19)20)10(15)8-11(12)16/h1,7-8H,3-6H2,(H,17,18)(H,19,20). The van der Waals surface area contributed by atoms with Gasteiger partial charge in [-0.2, -0.15) is 0 Å². The number of hydrogen-bond acceptors (Lipinski definition) is 2. The Morgan fingerprint density at radius 2 is 1.95 bits per heavy atom. The van der Waals surface area contributed by atoms with Crippen LogP contribution < -0.4 is 5.32 Å². The van der Waals surface area contributed by atoms with Crippen LogP contribution in [0, 0.1) is 24.0 Å². The van der Waals surface area contributed by atoms with Crippen molar-refractivity contribution in [2.75, 3.05) is 5.32 Å². The van der Waals surface area contributed by atoms with Crippen LogP contribution in [0.5, 0.6) is 0 Å². The van der Waals surface area contributed by atoms with E-state index >= 15 is 0 Å². The van der Waals surface area contributed by atoms with Crippen molar-refractivity contribution in [3.63, 3.8) is 0 Å². The van der Waals surface area contributed by atoms with Crippen LogP contribution in [0.25, 0.3) is 0 Å². The molecular weight excluding hydrogens is 268 g/mol. The molecule has 20 heavy (non-hydrogen) atoms. The lowest BCUT2D eigenvalue weighted by molar-refractivity contribution is -0.116. The first-order valence-electron chi connectivity index (χ1n) is 5.91. The first-order chi connectivity index (χ1) is 9.45. The number of carboxylic acid groups (broad SMARTS) is 1. The van der Waals surface area contributed by atoms with Crippen LogP contribution in [-0.4, -0.2) is 17.0 Å². The highest BCUT2D eigenvalue weighted by molar-refractivity contribution is 5.94.